The standard InChI is InChI=1S/C13H10Cl2N6O2S/c14-6-2-1-3-7(15)11(6)17-10(23)5-24-13-20-19-12-18-9(22)4-8(16)21(12)13/h1-3,16H,4-5H2,(H,17,23)(H,18,19,22). The fraction of sp³-hybridized carbons (Fsp3) is 0.154. The van der Waals surface area contributed by atoms with Crippen LogP contribution < -0.4 is 10.6 Å². The van der Waals surface area contributed by atoms with E-state index in [0.717, 1.165) is 11.8 Å². The molecule has 1 aromatic carbocycles. The lowest BCUT2D eigenvalue weighted by Crippen LogP contribution is -2.30. The topological polar surface area (TPSA) is 113 Å². The lowest BCUT2D eigenvalue weighted by Gasteiger charge is -2.15. The summed E-state index contributed by atoms with van der Waals surface area (Å²) in [6.45, 7) is 0. The van der Waals surface area contributed by atoms with Crippen LogP contribution in [0.2, 0.25) is 10.0 Å². The lowest BCUT2D eigenvalue weighted by molar-refractivity contribution is -0.115. The molecule has 0 saturated heterocycles. The van der Waals surface area contributed by atoms with Crippen molar-refractivity contribution in [3.63, 3.8) is 0 Å². The number of aromatic nitrogens is 3. The van der Waals surface area contributed by atoms with Gasteiger partial charge in [0, 0.05) is 0 Å². The molecular weight excluding hydrogens is 375 g/mol. The minimum Gasteiger partial charge on any atom is -0.323 e. The Bertz CT molecular complexity index is 833. The number of halogens is 2. The predicted molar refractivity (Wildman–Crippen MR) is 92.2 cm³/mol. The van der Waals surface area contributed by atoms with Crippen molar-refractivity contribution in [2.24, 2.45) is 0 Å². The maximum absolute atomic E-state index is 12.1. The summed E-state index contributed by atoms with van der Waals surface area (Å²) in [5.74, 6) is -0.411. The number of amides is 2. The van der Waals surface area contributed by atoms with Crippen LogP contribution >= 0.6 is 35.0 Å². The summed E-state index contributed by atoms with van der Waals surface area (Å²) in [5.41, 5.74) is 0.342. The molecule has 11 heteroatoms. The first-order valence-electron chi connectivity index (χ1n) is 6.65. The van der Waals surface area contributed by atoms with E-state index in [1.165, 1.54) is 4.57 Å². The number of rotatable bonds is 4. The van der Waals surface area contributed by atoms with Crippen LogP contribution in [0.15, 0.2) is 23.4 Å². The molecule has 124 valence electrons. The second-order valence-corrected chi connectivity index (χ2v) is 6.50. The van der Waals surface area contributed by atoms with E-state index in [2.05, 4.69) is 20.8 Å². The summed E-state index contributed by atoms with van der Waals surface area (Å²) >= 11 is 13.1. The average molecular weight is 385 g/mol. The van der Waals surface area contributed by atoms with E-state index >= 15 is 0 Å². The molecule has 2 aromatic rings. The maximum Gasteiger partial charge on any atom is 0.237 e. The smallest absolute Gasteiger partial charge is 0.237 e. The molecule has 0 radical (unpaired) electrons. The van der Waals surface area contributed by atoms with E-state index in [1.54, 1.807) is 18.2 Å². The number of nitrogens with one attached hydrogen (secondary N) is 3. The fourth-order valence-electron chi connectivity index (χ4n) is 2.01. The summed E-state index contributed by atoms with van der Waals surface area (Å²) in [4.78, 5) is 23.4. The zero-order chi connectivity index (χ0) is 17.3. The van der Waals surface area contributed by atoms with Crippen LogP contribution in [0, 0.1) is 5.41 Å². The van der Waals surface area contributed by atoms with Crippen molar-refractivity contribution < 1.29 is 9.59 Å². The molecular formula is C13H10Cl2N6O2S. The van der Waals surface area contributed by atoms with Crippen molar-refractivity contribution >= 4 is 64.2 Å². The molecule has 1 aliphatic heterocycles. The van der Waals surface area contributed by atoms with Crippen molar-refractivity contribution in [3.8, 4) is 0 Å². The summed E-state index contributed by atoms with van der Waals surface area (Å²) in [6.07, 6.45) is -0.0694. The number of hydrogen-bond acceptors (Lipinski definition) is 6. The van der Waals surface area contributed by atoms with Gasteiger partial charge < -0.3 is 5.32 Å². The van der Waals surface area contributed by atoms with Gasteiger partial charge in [0.2, 0.25) is 17.8 Å². The van der Waals surface area contributed by atoms with E-state index in [-0.39, 0.29) is 35.8 Å². The van der Waals surface area contributed by atoms with E-state index < -0.39 is 0 Å². The van der Waals surface area contributed by atoms with Gasteiger partial charge in [-0.15, -0.1) is 10.2 Å². The summed E-state index contributed by atoms with van der Waals surface area (Å²) < 4.78 is 1.39. The van der Waals surface area contributed by atoms with Crippen molar-refractivity contribution in [2.45, 2.75) is 11.6 Å². The predicted octanol–water partition coefficient (Wildman–Crippen LogP) is 2.48. The Hall–Kier alpha value is -2.10. The number of fused-ring (bicyclic) bond motifs is 1. The summed E-state index contributed by atoms with van der Waals surface area (Å²) in [7, 11) is 0. The van der Waals surface area contributed by atoms with Crippen LogP contribution in [0.5, 0.6) is 0 Å². The Balaban J connectivity index is 1.68. The Morgan fingerprint density at radius 3 is 2.79 bits per heavy atom. The third kappa shape index (κ3) is 3.37. The molecule has 8 nitrogen and oxygen atoms in total. The Kier molecular flexibility index (Phi) is 4.74. The van der Waals surface area contributed by atoms with E-state index in [9.17, 15) is 9.59 Å². The van der Waals surface area contributed by atoms with Gasteiger partial charge in [0.05, 0.1) is 27.9 Å². The van der Waals surface area contributed by atoms with Crippen LogP contribution in [0.1, 0.15) is 6.42 Å². The number of carbonyl (C=O) groups excluding carboxylic acids is 2. The van der Waals surface area contributed by atoms with Gasteiger partial charge in [0.25, 0.3) is 0 Å². The van der Waals surface area contributed by atoms with Crippen LogP contribution in [0.4, 0.5) is 11.6 Å². The summed E-state index contributed by atoms with van der Waals surface area (Å²) in [6, 6.07) is 4.92. The number of benzene rings is 1. The molecule has 0 unspecified atom stereocenters. The summed E-state index contributed by atoms with van der Waals surface area (Å²) in [5, 5.41) is 21.7. The zero-order valence-electron chi connectivity index (χ0n) is 12.0. The molecule has 0 atom stereocenters. The van der Waals surface area contributed by atoms with Crippen molar-refractivity contribution in [1.29, 1.82) is 5.41 Å². The second-order valence-electron chi connectivity index (χ2n) is 4.75. The van der Waals surface area contributed by atoms with E-state index in [0.29, 0.717) is 20.9 Å². The molecule has 2 heterocycles. The van der Waals surface area contributed by atoms with Gasteiger partial charge in [0.15, 0.2) is 5.16 Å². The van der Waals surface area contributed by atoms with Gasteiger partial charge in [-0.05, 0) is 12.1 Å². The monoisotopic (exact) mass is 384 g/mol. The molecule has 24 heavy (non-hydrogen) atoms. The first kappa shape index (κ1) is 16.7. The highest BCUT2D eigenvalue weighted by atomic mass is 35.5. The lowest BCUT2D eigenvalue weighted by atomic mass is 10.3. The van der Waals surface area contributed by atoms with Gasteiger partial charge in [-0.2, -0.15) is 0 Å². The molecule has 0 spiro atoms. The fourth-order valence-corrected chi connectivity index (χ4v) is 3.26. The molecule has 0 bridgehead atoms. The van der Waals surface area contributed by atoms with Crippen molar-refractivity contribution in [1.82, 2.24) is 14.8 Å². The molecule has 3 N–H and O–H groups in total. The van der Waals surface area contributed by atoms with Gasteiger partial charge in [-0.25, -0.2) is 4.57 Å². The van der Waals surface area contributed by atoms with E-state index in [1.807, 2.05) is 0 Å². The third-order valence-electron chi connectivity index (χ3n) is 3.04. The Morgan fingerprint density at radius 2 is 2.08 bits per heavy atom. The molecule has 3 rings (SSSR count). The molecule has 2 amide bonds. The number of carbonyl (C=O) groups is 2. The van der Waals surface area contributed by atoms with Crippen LogP contribution in [0.25, 0.3) is 0 Å². The highest BCUT2D eigenvalue weighted by Gasteiger charge is 2.25. The molecule has 1 aliphatic rings. The number of thioether (sulfide) groups is 1. The normalized spacial score (nSPS) is 13.4. The number of hydrogen-bond donors (Lipinski definition) is 3. The molecule has 0 aliphatic carbocycles. The zero-order valence-corrected chi connectivity index (χ0v) is 14.3. The quantitative estimate of drug-likeness (QED) is 0.700. The van der Waals surface area contributed by atoms with Crippen LogP contribution in [-0.2, 0) is 9.59 Å². The number of para-hydroxylation sites is 1. The average Bonchev–Trinajstić information content (AvgIpc) is 2.92. The highest BCUT2D eigenvalue weighted by molar-refractivity contribution is 7.99. The first-order chi connectivity index (χ1) is 11.5. The van der Waals surface area contributed by atoms with Crippen molar-refractivity contribution in [3.05, 3.63) is 28.2 Å². The van der Waals surface area contributed by atoms with Gasteiger partial charge >= 0.3 is 0 Å². The SMILES string of the molecule is N=C1CC(=O)Nc2nnc(SCC(=O)Nc3c(Cl)cccc3Cl)n21. The third-order valence-corrected chi connectivity index (χ3v) is 4.60. The minimum absolute atomic E-state index is 0.0148. The van der Waals surface area contributed by atoms with Gasteiger partial charge in [-0.3, -0.25) is 20.3 Å². The number of nitrogens with zero attached hydrogens (tertiary/aromatic N) is 3. The first-order valence-corrected chi connectivity index (χ1v) is 8.39. The highest BCUT2D eigenvalue weighted by Crippen LogP contribution is 2.30. The molecule has 0 saturated carbocycles. The second kappa shape index (κ2) is 6.80. The molecule has 0 fully saturated rings. The Morgan fingerprint density at radius 1 is 1.38 bits per heavy atom. The minimum atomic E-state index is -0.335. The number of anilines is 2. The largest absolute Gasteiger partial charge is 0.323 e. The van der Waals surface area contributed by atoms with Crippen molar-refractivity contribution in [2.75, 3.05) is 16.4 Å². The molecule has 1 aromatic heterocycles. The maximum atomic E-state index is 12.1. The van der Waals surface area contributed by atoms with Gasteiger partial charge in [-0.1, -0.05) is 41.0 Å². The van der Waals surface area contributed by atoms with Crippen LogP contribution in [-0.4, -0.2) is 38.2 Å². The van der Waals surface area contributed by atoms with E-state index in [4.69, 9.17) is 28.6 Å². The van der Waals surface area contributed by atoms with Crippen LogP contribution in [0.3, 0.4) is 0 Å². The Labute approximate surface area is 150 Å². The van der Waals surface area contributed by atoms with Gasteiger partial charge in [0.1, 0.15) is 5.84 Å².